The fourth-order valence-electron chi connectivity index (χ4n) is 1.68. The largest absolute Gasteiger partial charge is 0.343 e. The predicted molar refractivity (Wildman–Crippen MR) is 80.8 cm³/mol. The average molecular weight is 297 g/mol. The maximum absolute atomic E-state index is 11.7. The van der Waals surface area contributed by atoms with Crippen LogP contribution in [-0.2, 0) is 4.79 Å². The van der Waals surface area contributed by atoms with E-state index in [1.165, 1.54) is 0 Å². The maximum Gasteiger partial charge on any atom is 0.269 e. The minimum absolute atomic E-state index is 0.233. The van der Waals surface area contributed by atoms with Gasteiger partial charge in [0.15, 0.2) is 0 Å². The summed E-state index contributed by atoms with van der Waals surface area (Å²) < 4.78 is 0. The van der Waals surface area contributed by atoms with Crippen molar-refractivity contribution in [2.24, 2.45) is 0 Å². The lowest BCUT2D eigenvalue weighted by Crippen LogP contribution is -2.46. The normalized spacial score (nSPS) is 9.64. The van der Waals surface area contributed by atoms with Gasteiger partial charge in [-0.25, -0.2) is 0 Å². The molecule has 0 unspecified atom stereocenters. The number of hydrazine groups is 1. The highest BCUT2D eigenvalue weighted by Gasteiger charge is 2.09. The van der Waals surface area contributed by atoms with Crippen LogP contribution in [0.2, 0.25) is 0 Å². The van der Waals surface area contributed by atoms with E-state index in [0.717, 1.165) is 0 Å². The van der Waals surface area contributed by atoms with Gasteiger partial charge in [0, 0.05) is 11.1 Å². The zero-order chi connectivity index (χ0) is 15.8. The fourth-order valence-corrected chi connectivity index (χ4v) is 1.68. The van der Waals surface area contributed by atoms with Gasteiger partial charge >= 0.3 is 0 Å². The number of hydrogen-bond donors (Lipinski definition) is 3. The molecule has 112 valence electrons. The van der Waals surface area contributed by atoms with Gasteiger partial charge in [-0.3, -0.25) is 25.2 Å². The van der Waals surface area contributed by atoms with E-state index in [1.54, 1.807) is 60.7 Å². The minimum Gasteiger partial charge on any atom is -0.343 e. The van der Waals surface area contributed by atoms with Crippen LogP contribution in [-0.4, -0.2) is 24.3 Å². The summed E-state index contributed by atoms with van der Waals surface area (Å²) in [4.78, 5) is 35.0. The van der Waals surface area contributed by atoms with Crippen molar-refractivity contribution in [2.45, 2.75) is 0 Å². The van der Waals surface area contributed by atoms with E-state index in [1.807, 2.05) is 0 Å². The molecule has 22 heavy (non-hydrogen) atoms. The molecule has 0 aliphatic carbocycles. The molecule has 0 radical (unpaired) electrons. The Morgan fingerprint density at radius 1 is 0.682 bits per heavy atom. The Labute approximate surface area is 127 Å². The predicted octanol–water partition coefficient (Wildman–Crippen LogP) is 0.878. The second-order valence-electron chi connectivity index (χ2n) is 4.42. The molecule has 0 aliphatic heterocycles. The van der Waals surface area contributed by atoms with Gasteiger partial charge in [-0.15, -0.1) is 0 Å². The topological polar surface area (TPSA) is 87.3 Å². The van der Waals surface area contributed by atoms with Gasteiger partial charge in [-0.1, -0.05) is 36.4 Å². The zero-order valence-electron chi connectivity index (χ0n) is 11.7. The lowest BCUT2D eigenvalue weighted by Gasteiger charge is -2.08. The van der Waals surface area contributed by atoms with Crippen molar-refractivity contribution >= 4 is 17.7 Å². The van der Waals surface area contributed by atoms with Crippen LogP contribution in [0.4, 0.5) is 0 Å². The first-order valence-electron chi connectivity index (χ1n) is 6.64. The van der Waals surface area contributed by atoms with Crippen LogP contribution >= 0.6 is 0 Å². The van der Waals surface area contributed by atoms with Crippen molar-refractivity contribution in [1.82, 2.24) is 16.2 Å². The molecule has 0 aliphatic rings. The third-order valence-corrected chi connectivity index (χ3v) is 2.80. The lowest BCUT2D eigenvalue weighted by molar-refractivity contribution is -0.120. The van der Waals surface area contributed by atoms with Crippen LogP contribution in [0.25, 0.3) is 0 Å². The smallest absolute Gasteiger partial charge is 0.269 e. The van der Waals surface area contributed by atoms with Gasteiger partial charge in [0.25, 0.3) is 17.7 Å². The summed E-state index contributed by atoms with van der Waals surface area (Å²) in [5.41, 5.74) is 5.40. The Morgan fingerprint density at radius 3 is 1.73 bits per heavy atom. The van der Waals surface area contributed by atoms with E-state index < -0.39 is 11.8 Å². The molecule has 3 amide bonds. The first-order valence-corrected chi connectivity index (χ1v) is 6.64. The first-order chi connectivity index (χ1) is 10.7. The summed E-state index contributed by atoms with van der Waals surface area (Å²) in [5.74, 6) is -1.30. The van der Waals surface area contributed by atoms with Gasteiger partial charge in [0.2, 0.25) is 0 Å². The maximum atomic E-state index is 11.7. The summed E-state index contributed by atoms with van der Waals surface area (Å²) in [6.45, 7) is -0.233. The third-order valence-electron chi connectivity index (χ3n) is 2.80. The summed E-state index contributed by atoms with van der Waals surface area (Å²) in [6, 6.07) is 17.0. The van der Waals surface area contributed by atoms with E-state index >= 15 is 0 Å². The molecule has 6 nitrogen and oxygen atoms in total. The van der Waals surface area contributed by atoms with Gasteiger partial charge in [0.05, 0.1) is 6.54 Å². The standard InChI is InChI=1S/C16H15N3O3/c20-14(11-17-15(21)12-7-3-1-4-8-12)18-19-16(22)13-9-5-2-6-10-13/h1-10H,11H2,(H,17,21)(H,18,20)(H,19,22). The molecular formula is C16H15N3O3. The van der Waals surface area contributed by atoms with Gasteiger partial charge in [0.1, 0.15) is 0 Å². The molecule has 3 N–H and O–H groups in total. The van der Waals surface area contributed by atoms with Gasteiger partial charge in [-0.2, -0.15) is 0 Å². The second-order valence-corrected chi connectivity index (χ2v) is 4.42. The van der Waals surface area contributed by atoms with Crippen LogP contribution in [0, 0.1) is 0 Å². The molecule has 0 spiro atoms. The monoisotopic (exact) mass is 297 g/mol. The fraction of sp³-hybridized carbons (Fsp3) is 0.0625. The van der Waals surface area contributed by atoms with E-state index in [-0.39, 0.29) is 12.5 Å². The Bertz CT molecular complexity index is 599. The highest BCUT2D eigenvalue weighted by atomic mass is 16.2. The van der Waals surface area contributed by atoms with E-state index in [9.17, 15) is 14.4 Å². The van der Waals surface area contributed by atoms with Gasteiger partial charge < -0.3 is 5.32 Å². The number of hydrogen-bond acceptors (Lipinski definition) is 3. The summed E-state index contributed by atoms with van der Waals surface area (Å²) in [5, 5.41) is 2.46. The summed E-state index contributed by atoms with van der Waals surface area (Å²) in [7, 11) is 0. The van der Waals surface area contributed by atoms with Crippen LogP contribution < -0.4 is 16.2 Å². The van der Waals surface area contributed by atoms with Crippen molar-refractivity contribution in [3.05, 3.63) is 71.8 Å². The first kappa shape index (κ1) is 15.2. The lowest BCUT2D eigenvalue weighted by atomic mass is 10.2. The van der Waals surface area contributed by atoms with Crippen molar-refractivity contribution in [3.63, 3.8) is 0 Å². The van der Waals surface area contributed by atoms with Crippen molar-refractivity contribution in [1.29, 1.82) is 0 Å². The molecule has 0 fully saturated rings. The molecule has 6 heteroatoms. The van der Waals surface area contributed by atoms with Crippen LogP contribution in [0.5, 0.6) is 0 Å². The minimum atomic E-state index is -0.520. The Balaban J connectivity index is 1.74. The van der Waals surface area contributed by atoms with Gasteiger partial charge in [-0.05, 0) is 24.3 Å². The van der Waals surface area contributed by atoms with E-state index in [0.29, 0.717) is 11.1 Å². The Kier molecular flexibility index (Phi) is 5.25. The molecule has 0 heterocycles. The van der Waals surface area contributed by atoms with E-state index in [4.69, 9.17) is 0 Å². The number of rotatable bonds is 4. The molecule has 2 rings (SSSR count). The second kappa shape index (κ2) is 7.58. The van der Waals surface area contributed by atoms with Crippen LogP contribution in [0.15, 0.2) is 60.7 Å². The number of carbonyl (C=O) groups excluding carboxylic acids is 3. The molecule has 0 atom stereocenters. The molecule has 2 aromatic carbocycles. The number of carbonyl (C=O) groups is 3. The Morgan fingerprint density at radius 2 is 1.18 bits per heavy atom. The molecule has 2 aromatic rings. The zero-order valence-corrected chi connectivity index (χ0v) is 11.7. The SMILES string of the molecule is O=C(CNC(=O)c1ccccc1)NNC(=O)c1ccccc1. The van der Waals surface area contributed by atoms with Crippen LogP contribution in [0.3, 0.4) is 0 Å². The van der Waals surface area contributed by atoms with Crippen molar-refractivity contribution in [2.75, 3.05) is 6.54 Å². The molecule has 0 saturated heterocycles. The average Bonchev–Trinajstić information content (AvgIpc) is 2.59. The van der Waals surface area contributed by atoms with Crippen molar-refractivity contribution in [3.8, 4) is 0 Å². The summed E-state index contributed by atoms with van der Waals surface area (Å²) in [6.07, 6.45) is 0. The highest BCUT2D eigenvalue weighted by molar-refractivity contribution is 5.97. The van der Waals surface area contributed by atoms with E-state index in [2.05, 4.69) is 16.2 Å². The number of nitrogens with one attached hydrogen (secondary N) is 3. The molecule has 0 bridgehead atoms. The van der Waals surface area contributed by atoms with Crippen LogP contribution in [0.1, 0.15) is 20.7 Å². The molecular weight excluding hydrogens is 282 g/mol. The molecule has 0 saturated carbocycles. The quantitative estimate of drug-likeness (QED) is 0.732. The third kappa shape index (κ3) is 4.45. The number of benzene rings is 2. The Hall–Kier alpha value is -3.15. The van der Waals surface area contributed by atoms with Crippen molar-refractivity contribution < 1.29 is 14.4 Å². The number of amides is 3. The summed E-state index contributed by atoms with van der Waals surface area (Å²) >= 11 is 0. The molecule has 0 aromatic heterocycles. The highest BCUT2D eigenvalue weighted by Crippen LogP contribution is 1.98.